The molecule has 106 valence electrons. The van der Waals surface area contributed by atoms with Gasteiger partial charge in [0.05, 0.1) is 5.69 Å². The summed E-state index contributed by atoms with van der Waals surface area (Å²) in [7, 11) is 0. The molecule has 1 heterocycles. The molecular weight excluding hydrogens is 268 g/mol. The molecule has 0 aliphatic carbocycles. The Balaban J connectivity index is 2.69. The summed E-state index contributed by atoms with van der Waals surface area (Å²) in [4.78, 5) is 23.6. The number of carbonyl (C=O) groups excluding carboxylic acids is 1. The quantitative estimate of drug-likeness (QED) is 0.805. The van der Waals surface area contributed by atoms with Crippen molar-refractivity contribution in [1.29, 1.82) is 0 Å². The van der Waals surface area contributed by atoms with Crippen LogP contribution in [0.3, 0.4) is 0 Å². The van der Waals surface area contributed by atoms with Gasteiger partial charge in [0.15, 0.2) is 0 Å². The van der Waals surface area contributed by atoms with Gasteiger partial charge in [-0.15, -0.1) is 0 Å². The van der Waals surface area contributed by atoms with E-state index in [9.17, 15) is 18.4 Å². The van der Waals surface area contributed by atoms with E-state index in [0.29, 0.717) is 11.8 Å². The minimum absolute atomic E-state index is 0.0765. The van der Waals surface area contributed by atoms with Crippen LogP contribution in [-0.2, 0) is 9.59 Å². The van der Waals surface area contributed by atoms with Gasteiger partial charge in [0, 0.05) is 37.1 Å². The zero-order chi connectivity index (χ0) is 14.9. The molecule has 6 heteroatoms. The van der Waals surface area contributed by atoms with Crippen LogP contribution < -0.4 is 4.90 Å². The van der Waals surface area contributed by atoms with Gasteiger partial charge in [-0.1, -0.05) is 18.2 Å². The van der Waals surface area contributed by atoms with Gasteiger partial charge in [-0.2, -0.15) is 0 Å². The first-order valence-electron chi connectivity index (χ1n) is 6.03. The average Bonchev–Trinajstić information content (AvgIpc) is 2.45. The van der Waals surface area contributed by atoms with E-state index in [-0.39, 0.29) is 18.0 Å². The van der Waals surface area contributed by atoms with Gasteiger partial charge in [-0.3, -0.25) is 4.79 Å². The maximum absolute atomic E-state index is 14.1. The Morgan fingerprint density at radius 3 is 2.60 bits per heavy atom. The number of benzene rings is 1. The molecular formula is C14H13F2NO3. The number of para-hydroxylation sites is 1. The summed E-state index contributed by atoms with van der Waals surface area (Å²) in [5.41, 5.74) is -0.179. The highest BCUT2D eigenvalue weighted by Gasteiger charge is 2.40. The number of aliphatic carboxylic acids is 1. The molecule has 4 nitrogen and oxygen atoms in total. The van der Waals surface area contributed by atoms with Crippen molar-refractivity contribution in [3.63, 3.8) is 0 Å². The zero-order valence-electron chi connectivity index (χ0n) is 10.8. The van der Waals surface area contributed by atoms with Gasteiger partial charge < -0.3 is 10.0 Å². The third kappa shape index (κ3) is 2.54. The Hall–Kier alpha value is -2.24. The minimum Gasteiger partial charge on any atom is -0.478 e. The lowest BCUT2D eigenvalue weighted by Gasteiger charge is -2.20. The fourth-order valence-electron chi connectivity index (χ4n) is 2.28. The number of amides is 1. The lowest BCUT2D eigenvalue weighted by Crippen LogP contribution is -2.31. The molecule has 1 N–H and O–H groups in total. The molecule has 0 saturated heterocycles. The third-order valence-corrected chi connectivity index (χ3v) is 3.18. The summed E-state index contributed by atoms with van der Waals surface area (Å²) >= 11 is 0. The number of alkyl halides is 2. The Labute approximate surface area is 114 Å². The first kappa shape index (κ1) is 14.2. The van der Waals surface area contributed by atoms with Crippen LogP contribution in [0.5, 0.6) is 0 Å². The normalized spacial score (nSPS) is 19.4. The van der Waals surface area contributed by atoms with E-state index in [0.717, 1.165) is 0 Å². The molecule has 1 aliphatic rings. The second kappa shape index (κ2) is 5.03. The van der Waals surface area contributed by atoms with Gasteiger partial charge in [0.25, 0.3) is 5.92 Å². The molecule has 20 heavy (non-hydrogen) atoms. The molecule has 1 amide bonds. The van der Waals surface area contributed by atoms with Crippen molar-refractivity contribution in [1.82, 2.24) is 0 Å². The number of fused-ring (bicyclic) bond motifs is 1. The fraction of sp³-hybridized carbons (Fsp3) is 0.286. The molecule has 0 spiro atoms. The van der Waals surface area contributed by atoms with E-state index in [1.54, 1.807) is 6.07 Å². The SMILES string of the molecule is CC(=O)N1CCC(F)(F)/C(=C\C(=O)O)c2ccccc21. The largest absolute Gasteiger partial charge is 0.478 e. The highest BCUT2D eigenvalue weighted by atomic mass is 19.3. The summed E-state index contributed by atoms with van der Waals surface area (Å²) in [6.45, 7) is 1.14. The van der Waals surface area contributed by atoms with Crippen LogP contribution in [0, 0.1) is 0 Å². The van der Waals surface area contributed by atoms with E-state index >= 15 is 0 Å². The van der Waals surface area contributed by atoms with Crippen LogP contribution in [0.2, 0.25) is 0 Å². The summed E-state index contributed by atoms with van der Waals surface area (Å²) < 4.78 is 28.3. The third-order valence-electron chi connectivity index (χ3n) is 3.18. The number of rotatable bonds is 1. The van der Waals surface area contributed by atoms with E-state index in [1.807, 2.05) is 0 Å². The average molecular weight is 281 g/mol. The van der Waals surface area contributed by atoms with Crippen LogP contribution in [0.1, 0.15) is 18.9 Å². The van der Waals surface area contributed by atoms with Crippen molar-refractivity contribution in [3.8, 4) is 0 Å². The van der Waals surface area contributed by atoms with Crippen molar-refractivity contribution in [3.05, 3.63) is 35.9 Å². The van der Waals surface area contributed by atoms with Crippen molar-refractivity contribution in [2.45, 2.75) is 19.3 Å². The number of allylic oxidation sites excluding steroid dienone is 1. The van der Waals surface area contributed by atoms with Crippen LogP contribution in [0.4, 0.5) is 14.5 Å². The number of nitrogens with zero attached hydrogens (tertiary/aromatic N) is 1. The predicted octanol–water partition coefficient (Wildman–Crippen LogP) is 2.55. The summed E-state index contributed by atoms with van der Waals surface area (Å²) in [5, 5.41) is 8.80. The molecule has 1 aromatic rings. The Morgan fingerprint density at radius 2 is 2.00 bits per heavy atom. The first-order valence-corrected chi connectivity index (χ1v) is 6.03. The molecule has 0 fully saturated rings. The maximum Gasteiger partial charge on any atom is 0.328 e. The number of hydrogen-bond donors (Lipinski definition) is 1. The zero-order valence-corrected chi connectivity index (χ0v) is 10.8. The van der Waals surface area contributed by atoms with Crippen molar-refractivity contribution >= 4 is 23.1 Å². The fourth-order valence-corrected chi connectivity index (χ4v) is 2.28. The highest BCUT2D eigenvalue weighted by molar-refractivity contribution is 6.00. The van der Waals surface area contributed by atoms with Crippen molar-refractivity contribution in [2.24, 2.45) is 0 Å². The highest BCUT2D eigenvalue weighted by Crippen LogP contribution is 2.42. The van der Waals surface area contributed by atoms with E-state index in [4.69, 9.17) is 5.11 Å². The molecule has 0 unspecified atom stereocenters. The summed E-state index contributed by atoms with van der Waals surface area (Å²) in [6.07, 6.45) is -0.0944. The smallest absolute Gasteiger partial charge is 0.328 e. The monoisotopic (exact) mass is 281 g/mol. The molecule has 0 saturated carbocycles. The molecule has 1 aromatic carbocycles. The number of hydrogen-bond acceptors (Lipinski definition) is 2. The molecule has 2 rings (SSSR count). The van der Waals surface area contributed by atoms with Crippen molar-refractivity contribution < 1.29 is 23.5 Å². The van der Waals surface area contributed by atoms with Crippen LogP contribution in [0.25, 0.3) is 5.57 Å². The lowest BCUT2D eigenvalue weighted by molar-refractivity contribution is -0.131. The van der Waals surface area contributed by atoms with E-state index in [2.05, 4.69) is 0 Å². The second-order valence-electron chi connectivity index (χ2n) is 4.54. The molecule has 1 aliphatic heterocycles. The molecule has 0 radical (unpaired) electrons. The maximum atomic E-state index is 14.1. The summed E-state index contributed by atoms with van der Waals surface area (Å²) in [5.74, 6) is -5.09. The van der Waals surface area contributed by atoms with Gasteiger partial charge in [-0.05, 0) is 6.07 Å². The van der Waals surface area contributed by atoms with Gasteiger partial charge in [0.2, 0.25) is 5.91 Å². The molecule has 0 atom stereocenters. The van der Waals surface area contributed by atoms with Crippen molar-refractivity contribution in [2.75, 3.05) is 11.4 Å². The van der Waals surface area contributed by atoms with E-state index < -0.39 is 23.9 Å². The number of anilines is 1. The standard InChI is InChI=1S/C14H13F2NO3/c1-9(18)17-7-6-14(15,16)11(8-13(19)20)10-4-2-3-5-12(10)17/h2-5,8H,6-7H2,1H3,(H,19,20)/b11-8-. The number of carboxylic acid groups (broad SMARTS) is 1. The number of halogens is 2. The summed E-state index contributed by atoms with van der Waals surface area (Å²) in [6, 6.07) is 6.10. The number of carbonyl (C=O) groups is 2. The predicted molar refractivity (Wildman–Crippen MR) is 69.6 cm³/mol. The Morgan fingerprint density at radius 1 is 1.35 bits per heavy atom. The lowest BCUT2D eigenvalue weighted by atomic mass is 9.97. The van der Waals surface area contributed by atoms with Gasteiger partial charge in [-0.25, -0.2) is 13.6 Å². The number of carboxylic acids is 1. The first-order chi connectivity index (χ1) is 9.33. The topological polar surface area (TPSA) is 57.6 Å². The second-order valence-corrected chi connectivity index (χ2v) is 4.54. The Kier molecular flexibility index (Phi) is 3.57. The van der Waals surface area contributed by atoms with Gasteiger partial charge >= 0.3 is 5.97 Å². The molecule has 0 bridgehead atoms. The van der Waals surface area contributed by atoms with E-state index in [1.165, 1.54) is 30.0 Å². The van der Waals surface area contributed by atoms with Crippen LogP contribution in [-0.4, -0.2) is 29.5 Å². The van der Waals surface area contributed by atoms with Crippen LogP contribution in [0.15, 0.2) is 30.3 Å². The minimum atomic E-state index is -3.29. The van der Waals surface area contributed by atoms with Gasteiger partial charge in [0.1, 0.15) is 0 Å². The molecule has 0 aromatic heterocycles. The Bertz CT molecular complexity index is 596. The van der Waals surface area contributed by atoms with Crippen LogP contribution >= 0.6 is 0 Å².